The van der Waals surface area contributed by atoms with E-state index in [9.17, 15) is 34.1 Å². The number of guanidine groups is 1. The summed E-state index contributed by atoms with van der Waals surface area (Å²) in [6, 6.07) is 0. The van der Waals surface area contributed by atoms with E-state index in [2.05, 4.69) is 20.3 Å². The fraction of sp³-hybridized carbons (Fsp3) is 0.579. The first-order chi connectivity index (χ1) is 20.7. The van der Waals surface area contributed by atoms with Gasteiger partial charge in [-0.3, -0.25) is 27.5 Å². The van der Waals surface area contributed by atoms with Gasteiger partial charge in [-0.1, -0.05) is 0 Å². The molecule has 25 heteroatoms. The molecule has 44 heavy (non-hydrogen) atoms. The van der Waals surface area contributed by atoms with Crippen LogP contribution < -0.4 is 28.3 Å². The van der Waals surface area contributed by atoms with Crippen LogP contribution in [0.2, 0.25) is 0 Å². The van der Waals surface area contributed by atoms with Gasteiger partial charge < -0.3 is 67.6 Å². The highest BCUT2D eigenvalue weighted by Crippen LogP contribution is 2.51. The number of hydrogen-bond acceptors (Lipinski definition) is 18. The van der Waals surface area contributed by atoms with Gasteiger partial charge in [0.15, 0.2) is 36.2 Å². The third-order valence-electron chi connectivity index (χ3n) is 6.77. The van der Waals surface area contributed by atoms with E-state index in [1.807, 2.05) is 0 Å². The van der Waals surface area contributed by atoms with Crippen LogP contribution in [0.3, 0.4) is 0 Å². The maximum absolute atomic E-state index is 13.1. The highest BCUT2D eigenvalue weighted by Gasteiger charge is 2.52. The Labute approximate surface area is 246 Å². The second kappa shape index (κ2) is 12.4. The molecule has 2 aromatic heterocycles. The molecule has 0 aromatic carbocycles. The minimum absolute atomic E-state index is 0.0467. The van der Waals surface area contributed by atoms with Crippen molar-refractivity contribution < 1.29 is 62.3 Å². The Hall–Kier alpha value is -3.02. The maximum Gasteiger partial charge on any atom is 0.472 e. The molecular weight excluding hydrogens is 638 g/mol. The lowest BCUT2D eigenvalue weighted by Gasteiger charge is -2.26. The average Bonchev–Trinajstić information content (AvgIpc) is 3.68. The number of nitrogens with one attached hydrogen (secondary N) is 1. The van der Waals surface area contributed by atoms with Gasteiger partial charge >= 0.3 is 7.82 Å². The van der Waals surface area contributed by atoms with Crippen LogP contribution >= 0.6 is 15.9 Å². The van der Waals surface area contributed by atoms with E-state index < -0.39 is 90.1 Å². The Morgan fingerprint density at radius 3 is 2.48 bits per heavy atom. The Morgan fingerprint density at radius 2 is 1.82 bits per heavy atom. The lowest BCUT2D eigenvalue weighted by atomic mass is 10.1. The summed E-state index contributed by atoms with van der Waals surface area (Å²) < 4.78 is 53.1. The van der Waals surface area contributed by atoms with Crippen LogP contribution in [-0.4, -0.2) is 106 Å². The van der Waals surface area contributed by atoms with Crippen molar-refractivity contribution in [2.24, 2.45) is 22.2 Å². The van der Waals surface area contributed by atoms with Crippen molar-refractivity contribution in [1.29, 1.82) is 0 Å². The third kappa shape index (κ3) is 6.23. The largest absolute Gasteiger partial charge is 0.472 e. The molecule has 3 aliphatic rings. The first-order valence-electron chi connectivity index (χ1n) is 12.6. The number of rotatable bonds is 11. The van der Waals surface area contributed by atoms with E-state index in [0.717, 1.165) is 10.9 Å². The van der Waals surface area contributed by atoms with E-state index in [1.165, 1.54) is 10.9 Å². The molecule has 1 amide bonds. The van der Waals surface area contributed by atoms with Crippen LogP contribution in [0.15, 0.2) is 17.6 Å². The predicted molar refractivity (Wildman–Crippen MR) is 142 cm³/mol. The Balaban J connectivity index is 1.32. The van der Waals surface area contributed by atoms with Crippen LogP contribution in [0.25, 0.3) is 0 Å². The number of carbonyl (C=O) groups excluding carboxylic acids is 1. The number of carbonyl (C=O) groups is 1. The first kappa shape index (κ1) is 32.4. The van der Waals surface area contributed by atoms with Gasteiger partial charge in [-0.2, -0.15) is 4.99 Å². The molecule has 23 nitrogen and oxygen atoms in total. The molecule has 2 saturated heterocycles. The van der Waals surface area contributed by atoms with Crippen LogP contribution in [0.4, 0.5) is 11.6 Å². The number of phosphoric acid groups is 1. The zero-order valence-electron chi connectivity index (χ0n) is 22.3. The Kier molecular flexibility index (Phi) is 9.13. The van der Waals surface area contributed by atoms with Crippen LogP contribution in [0, 0.1) is 0 Å². The summed E-state index contributed by atoms with van der Waals surface area (Å²) in [5.41, 5.74) is 22.6. The predicted octanol–water partition coefficient (Wildman–Crippen LogP) is -4.25. The topological polar surface area (TPSA) is 363 Å². The number of amides is 1. The van der Waals surface area contributed by atoms with Gasteiger partial charge in [0.2, 0.25) is 8.03 Å². The smallest absolute Gasteiger partial charge is 0.387 e. The molecule has 0 aliphatic carbocycles. The number of aromatic nitrogens is 4. The summed E-state index contributed by atoms with van der Waals surface area (Å²) in [6.45, 7) is -0.831. The van der Waals surface area contributed by atoms with Crippen molar-refractivity contribution in [3.63, 3.8) is 0 Å². The van der Waals surface area contributed by atoms with Gasteiger partial charge in [-0.25, -0.2) is 14.5 Å². The van der Waals surface area contributed by atoms with Crippen molar-refractivity contribution in [2.45, 2.75) is 55.4 Å². The van der Waals surface area contributed by atoms with E-state index in [-0.39, 0.29) is 29.0 Å². The summed E-state index contributed by atoms with van der Waals surface area (Å²) in [4.78, 5) is 43.1. The van der Waals surface area contributed by atoms with Crippen LogP contribution in [0.5, 0.6) is 0 Å². The molecule has 2 fully saturated rings. The number of hydrogen-bond donors (Lipinski definition) is 10. The van der Waals surface area contributed by atoms with Gasteiger partial charge in [-0.05, 0) is 0 Å². The number of imidazole rings is 2. The van der Waals surface area contributed by atoms with E-state index >= 15 is 0 Å². The maximum atomic E-state index is 13.1. The second-order valence-electron chi connectivity index (χ2n) is 9.70. The number of primary amides is 1. The van der Waals surface area contributed by atoms with Crippen LogP contribution in [-0.2, 0) is 32.4 Å². The van der Waals surface area contributed by atoms with E-state index in [0.29, 0.717) is 0 Å². The molecule has 244 valence electrons. The number of aliphatic hydroxyl groups excluding tert-OH is 3. The molecule has 3 aliphatic heterocycles. The van der Waals surface area contributed by atoms with Gasteiger partial charge in [0, 0.05) is 0 Å². The van der Waals surface area contributed by atoms with Crippen molar-refractivity contribution in [1.82, 2.24) is 24.4 Å². The summed E-state index contributed by atoms with van der Waals surface area (Å²) in [5, 5.41) is 34.5. The first-order valence-corrected chi connectivity index (χ1v) is 15.6. The monoisotopic (exact) mass is 668 g/mol. The number of phosphoric ester groups is 1. The number of aliphatic imine (C=N–C) groups is 1. The van der Waals surface area contributed by atoms with Crippen LogP contribution in [0.1, 0.15) is 34.8 Å². The molecular formula is C19H30N10O13P2. The minimum atomic E-state index is -5.15. The zero-order chi connectivity index (χ0) is 32.1. The summed E-state index contributed by atoms with van der Waals surface area (Å²) in [7, 11) is -8.32. The standard InChI is InChI=1S/C19H30N10O13P2/c20-12-6-15(27-19(23)26-12)29(3-24-6)17-11(10(32)18(41-17)38-4-43(34)35)42-44(36,37)39-1-5-8(30)9(31)16(40-5)28-2-25-7(13(28)21)14(22)33/h2-3,5,8-12,16-18,30-32,43H,1,4,20-21H2,(H2,22,33)(H,34,35)(H,36,37)(H3,23,26,27)/t5-,8+,9+,10-,11+,12?,16-,17-,18+/m1/s1. The molecule has 14 N–H and O–H groups in total. The molecule has 5 rings (SSSR count). The fourth-order valence-electron chi connectivity index (χ4n) is 4.72. The Bertz CT molecular complexity index is 1500. The summed E-state index contributed by atoms with van der Waals surface area (Å²) in [6.07, 6.45) is -12.2. The average molecular weight is 668 g/mol. The zero-order valence-corrected chi connectivity index (χ0v) is 24.2. The fourth-order valence-corrected chi connectivity index (χ4v) is 5.96. The number of nitrogens with two attached hydrogens (primary N) is 4. The summed E-state index contributed by atoms with van der Waals surface area (Å²) in [5.74, 6) is -1.26. The quantitative estimate of drug-likeness (QED) is 0.101. The molecule has 0 spiro atoms. The normalized spacial score (nSPS) is 33.8. The molecule has 5 heterocycles. The third-order valence-corrected chi connectivity index (χ3v) is 8.17. The minimum Gasteiger partial charge on any atom is -0.387 e. The van der Waals surface area contributed by atoms with Gasteiger partial charge in [0.25, 0.3) is 5.91 Å². The molecule has 0 bridgehead atoms. The van der Waals surface area contributed by atoms with Gasteiger partial charge in [-0.15, -0.1) is 0 Å². The van der Waals surface area contributed by atoms with Gasteiger partial charge in [0.1, 0.15) is 54.5 Å². The number of anilines is 1. The summed E-state index contributed by atoms with van der Waals surface area (Å²) >= 11 is 0. The number of aliphatic hydroxyl groups is 3. The Morgan fingerprint density at radius 1 is 1.11 bits per heavy atom. The highest BCUT2D eigenvalue weighted by molar-refractivity contribution is 7.47. The van der Waals surface area contributed by atoms with Crippen molar-refractivity contribution >= 4 is 39.4 Å². The number of nitrogens with zero attached hydrogens (tertiary/aromatic N) is 5. The molecule has 3 unspecified atom stereocenters. The lowest BCUT2D eigenvalue weighted by Crippen LogP contribution is -2.41. The molecule has 0 saturated carbocycles. The molecule has 0 radical (unpaired) electrons. The molecule has 2 aromatic rings. The number of ether oxygens (including phenoxy) is 3. The lowest BCUT2D eigenvalue weighted by molar-refractivity contribution is -0.166. The molecule has 11 atom stereocenters. The number of fused-ring (bicyclic) bond motifs is 1. The SMILES string of the molecule is NC(=O)c1ncn([C@@H]2O[C@H](COP(=O)(O)O[C@H]3[C@@H](O)[C@@H](OC[PH](=O)O)O[C@H]3n3cnc4c3N=C(N)NC4N)[C@H](O)[C@@H]2O)c1N. The highest BCUT2D eigenvalue weighted by atomic mass is 31.2. The van der Waals surface area contributed by atoms with Gasteiger partial charge in [0.05, 0.1) is 19.3 Å². The second-order valence-corrected chi connectivity index (χ2v) is 12.2. The van der Waals surface area contributed by atoms with E-state index in [1.54, 1.807) is 0 Å². The van der Waals surface area contributed by atoms with Crippen molar-refractivity contribution in [2.75, 3.05) is 18.7 Å². The van der Waals surface area contributed by atoms with Crippen molar-refractivity contribution in [3.05, 3.63) is 24.0 Å². The number of nitrogen functional groups attached to an aromatic ring is 1. The van der Waals surface area contributed by atoms with Crippen molar-refractivity contribution in [3.8, 4) is 0 Å². The van der Waals surface area contributed by atoms with E-state index in [4.69, 9.17) is 51.1 Å².